The van der Waals surface area contributed by atoms with Crippen LogP contribution in [0.3, 0.4) is 0 Å². The van der Waals surface area contributed by atoms with Gasteiger partial charge >= 0.3 is 17.9 Å². The van der Waals surface area contributed by atoms with Crippen molar-refractivity contribution in [1.29, 1.82) is 0 Å². The van der Waals surface area contributed by atoms with E-state index in [-0.39, 0.29) is 47.8 Å². The zero-order chi connectivity index (χ0) is 33.2. The van der Waals surface area contributed by atoms with Crippen molar-refractivity contribution in [2.24, 2.45) is 22.7 Å². The van der Waals surface area contributed by atoms with E-state index in [1.807, 2.05) is 6.08 Å². The van der Waals surface area contributed by atoms with E-state index in [2.05, 4.69) is 0 Å². The number of hydrogen-bond donors (Lipinski definition) is 2. The van der Waals surface area contributed by atoms with Crippen LogP contribution < -0.4 is 4.74 Å². The number of ether oxygens (including phenoxy) is 2. The molecule has 4 aliphatic rings. The number of esters is 2. The van der Waals surface area contributed by atoms with E-state index in [0.717, 1.165) is 9.79 Å². The quantitative estimate of drug-likeness (QED) is 0.195. The van der Waals surface area contributed by atoms with Crippen LogP contribution in [0.5, 0.6) is 5.75 Å². The SMILES string of the molecule is CC(=O)Oc1ccc(Sc2ccc(C(=O)O[C@]3(C(=O)O)CC[C@H]4[C@@H]5CC=C6CC(=O)C=C[C@]6(C)[C@@]5(F)[C@@H](O)C[C@@]43C)cc2)cc1Cl. The second-order valence-electron chi connectivity index (χ2n) is 13.1. The van der Waals surface area contributed by atoms with E-state index in [1.54, 1.807) is 50.3 Å². The number of rotatable bonds is 6. The largest absolute Gasteiger partial charge is 0.478 e. The van der Waals surface area contributed by atoms with Crippen LogP contribution in [0.25, 0.3) is 0 Å². The Morgan fingerprint density at radius 3 is 2.41 bits per heavy atom. The van der Waals surface area contributed by atoms with Gasteiger partial charge in [-0.3, -0.25) is 9.59 Å². The zero-order valence-corrected chi connectivity index (χ0v) is 27.1. The molecule has 2 aromatic rings. The number of ketones is 1. The molecular formula is C35H34ClFO8S. The molecule has 2 saturated carbocycles. The number of aliphatic carboxylic acids is 1. The van der Waals surface area contributed by atoms with Gasteiger partial charge < -0.3 is 19.7 Å². The second-order valence-corrected chi connectivity index (χ2v) is 14.7. The fourth-order valence-electron chi connectivity index (χ4n) is 8.46. The molecule has 2 aromatic carbocycles. The van der Waals surface area contributed by atoms with E-state index in [0.29, 0.717) is 12.0 Å². The highest BCUT2D eigenvalue weighted by Gasteiger charge is 2.75. The Labute approximate surface area is 275 Å². The molecule has 2 fully saturated rings. The minimum absolute atomic E-state index is 0.0197. The molecule has 46 heavy (non-hydrogen) atoms. The molecule has 4 aliphatic carbocycles. The van der Waals surface area contributed by atoms with Gasteiger partial charge in [-0.15, -0.1) is 0 Å². The highest BCUT2D eigenvalue weighted by atomic mass is 35.5. The Morgan fingerprint density at radius 2 is 1.76 bits per heavy atom. The summed E-state index contributed by atoms with van der Waals surface area (Å²) in [6.07, 6.45) is 3.65. The molecule has 0 radical (unpaired) electrons. The average Bonchev–Trinajstić information content (AvgIpc) is 3.28. The molecule has 6 rings (SSSR count). The lowest BCUT2D eigenvalue weighted by molar-refractivity contribution is -0.218. The molecule has 8 nitrogen and oxygen atoms in total. The smallest absolute Gasteiger partial charge is 0.348 e. The van der Waals surface area contributed by atoms with Crippen molar-refractivity contribution in [3.8, 4) is 5.75 Å². The number of hydrogen-bond acceptors (Lipinski definition) is 8. The molecule has 0 saturated heterocycles. The molecule has 0 unspecified atom stereocenters. The fraction of sp³-hybridized carbons (Fsp3) is 0.429. The molecule has 11 heteroatoms. The lowest BCUT2D eigenvalue weighted by Gasteiger charge is -2.61. The number of fused-ring (bicyclic) bond motifs is 5. The first-order chi connectivity index (χ1) is 21.6. The maximum Gasteiger partial charge on any atom is 0.348 e. The van der Waals surface area contributed by atoms with Crippen molar-refractivity contribution < 1.29 is 43.3 Å². The van der Waals surface area contributed by atoms with E-state index >= 15 is 4.39 Å². The third-order valence-electron chi connectivity index (χ3n) is 10.8. The molecule has 7 atom stereocenters. The number of carboxylic acid groups (broad SMARTS) is 1. The van der Waals surface area contributed by atoms with E-state index in [9.17, 15) is 29.4 Å². The maximum absolute atomic E-state index is 17.4. The minimum atomic E-state index is -2.12. The van der Waals surface area contributed by atoms with Gasteiger partial charge in [0.15, 0.2) is 11.5 Å². The highest BCUT2D eigenvalue weighted by molar-refractivity contribution is 7.99. The third-order valence-corrected chi connectivity index (χ3v) is 12.1. The van der Waals surface area contributed by atoms with E-state index < -0.39 is 57.9 Å². The number of carboxylic acids is 1. The summed E-state index contributed by atoms with van der Waals surface area (Å²) in [6.45, 7) is 4.67. The first-order valence-corrected chi connectivity index (χ1v) is 16.4. The Balaban J connectivity index is 1.23. The third kappa shape index (κ3) is 4.83. The molecule has 242 valence electrons. The lowest BCUT2D eigenvalue weighted by atomic mass is 9.45. The topological polar surface area (TPSA) is 127 Å². The van der Waals surface area contributed by atoms with Gasteiger partial charge in [0.25, 0.3) is 0 Å². The number of aliphatic hydroxyl groups excluding tert-OH is 1. The minimum Gasteiger partial charge on any atom is -0.478 e. The Bertz CT molecular complexity index is 1710. The molecular weight excluding hydrogens is 635 g/mol. The number of benzene rings is 2. The van der Waals surface area contributed by atoms with Crippen LogP contribution in [0, 0.1) is 22.7 Å². The number of halogens is 2. The van der Waals surface area contributed by atoms with Crippen LogP contribution in [-0.2, 0) is 19.1 Å². The van der Waals surface area contributed by atoms with Crippen LogP contribution >= 0.6 is 23.4 Å². The van der Waals surface area contributed by atoms with E-state index in [1.165, 1.54) is 36.9 Å². The maximum atomic E-state index is 17.4. The number of carbonyl (C=O) groups excluding carboxylic acids is 3. The van der Waals surface area contributed by atoms with Gasteiger partial charge in [-0.1, -0.05) is 48.0 Å². The monoisotopic (exact) mass is 668 g/mol. The van der Waals surface area contributed by atoms with Crippen LogP contribution in [0.2, 0.25) is 5.02 Å². The van der Waals surface area contributed by atoms with Crippen molar-refractivity contribution in [1.82, 2.24) is 0 Å². The summed E-state index contributed by atoms with van der Waals surface area (Å²) in [4.78, 5) is 51.5. The predicted molar refractivity (Wildman–Crippen MR) is 167 cm³/mol. The Morgan fingerprint density at radius 1 is 1.07 bits per heavy atom. The van der Waals surface area contributed by atoms with Crippen LogP contribution in [0.4, 0.5) is 4.39 Å². The summed E-state index contributed by atoms with van der Waals surface area (Å²) < 4.78 is 28.4. The molecule has 0 heterocycles. The number of aliphatic hydroxyl groups is 1. The highest BCUT2D eigenvalue weighted by Crippen LogP contribution is 2.69. The van der Waals surface area contributed by atoms with Gasteiger partial charge in [-0.2, -0.15) is 0 Å². The molecule has 0 bridgehead atoms. The summed E-state index contributed by atoms with van der Waals surface area (Å²) in [5.41, 5.74) is -5.77. The first-order valence-electron chi connectivity index (χ1n) is 15.2. The summed E-state index contributed by atoms with van der Waals surface area (Å²) in [5.74, 6) is -3.74. The summed E-state index contributed by atoms with van der Waals surface area (Å²) in [6, 6.07) is 11.4. The Kier molecular flexibility index (Phi) is 8.01. The van der Waals surface area contributed by atoms with Crippen molar-refractivity contribution in [2.45, 2.75) is 80.0 Å². The normalized spacial score (nSPS) is 34.5. The fourth-order valence-corrected chi connectivity index (χ4v) is 9.60. The van der Waals surface area contributed by atoms with Crippen molar-refractivity contribution in [3.63, 3.8) is 0 Å². The van der Waals surface area contributed by atoms with Crippen LogP contribution in [-0.4, -0.2) is 51.3 Å². The standard InChI is InChI=1S/C35H34ClFO8S/c1-19(38)44-28-11-9-24(17-27(28)36)46-23-7-4-20(5-8-23)30(41)45-34(31(42)43)15-13-25-26-10-6-21-16-22(39)12-14-32(21,2)35(26,37)29(40)18-33(25,34)3/h4-9,11-12,14,17,25-26,29,40H,10,13,15-16,18H2,1-3H3,(H,42,43)/t25-,26-,29-,32-,33-,34-,35-/m0/s1. The molecule has 2 N–H and O–H groups in total. The van der Waals surface area contributed by atoms with E-state index in [4.69, 9.17) is 21.1 Å². The van der Waals surface area contributed by atoms with Crippen molar-refractivity contribution in [2.75, 3.05) is 0 Å². The van der Waals surface area contributed by atoms with Gasteiger partial charge in [-0.25, -0.2) is 14.0 Å². The van der Waals surface area contributed by atoms with Crippen LogP contribution in [0.1, 0.15) is 63.2 Å². The number of alkyl halides is 1. The van der Waals surface area contributed by atoms with Gasteiger partial charge in [0.2, 0.25) is 5.60 Å². The predicted octanol–water partition coefficient (Wildman–Crippen LogP) is 6.77. The summed E-state index contributed by atoms with van der Waals surface area (Å²) in [5, 5.41) is 22.4. The lowest BCUT2D eigenvalue weighted by Crippen LogP contribution is -2.69. The molecule has 0 spiro atoms. The van der Waals surface area contributed by atoms with Crippen molar-refractivity contribution >= 4 is 47.1 Å². The molecule has 0 amide bonds. The first kappa shape index (κ1) is 32.5. The van der Waals surface area contributed by atoms with Gasteiger partial charge in [0.05, 0.1) is 16.7 Å². The summed E-state index contributed by atoms with van der Waals surface area (Å²) in [7, 11) is 0. The molecule has 0 aromatic heterocycles. The van der Waals surface area contributed by atoms with Crippen molar-refractivity contribution in [3.05, 3.63) is 76.9 Å². The molecule has 0 aliphatic heterocycles. The number of carbonyl (C=O) groups is 4. The van der Waals surface area contributed by atoms with Crippen LogP contribution in [0.15, 0.2) is 76.1 Å². The zero-order valence-electron chi connectivity index (χ0n) is 25.5. The van der Waals surface area contributed by atoms with Gasteiger partial charge in [0.1, 0.15) is 5.75 Å². The summed E-state index contributed by atoms with van der Waals surface area (Å²) >= 11 is 7.58. The van der Waals surface area contributed by atoms with Gasteiger partial charge in [-0.05, 0) is 87.1 Å². The number of allylic oxidation sites excluding steroid dienone is 4. The van der Waals surface area contributed by atoms with Gasteiger partial charge in [0, 0.05) is 39.9 Å². The second kappa shape index (κ2) is 11.3. The average molecular weight is 669 g/mol. The Hall–Kier alpha value is -3.47.